The van der Waals surface area contributed by atoms with Gasteiger partial charge in [0.05, 0.1) is 24.4 Å². The summed E-state index contributed by atoms with van der Waals surface area (Å²) in [7, 11) is 1.49. The first-order chi connectivity index (χ1) is 14.8. The van der Waals surface area contributed by atoms with Gasteiger partial charge in [-0.15, -0.1) is 0 Å². The second-order valence-corrected chi connectivity index (χ2v) is 7.97. The van der Waals surface area contributed by atoms with Crippen molar-refractivity contribution in [3.63, 3.8) is 0 Å². The van der Waals surface area contributed by atoms with Crippen LogP contribution in [0.4, 0.5) is 5.69 Å². The maximum absolute atomic E-state index is 13.2. The van der Waals surface area contributed by atoms with Gasteiger partial charge in [0.1, 0.15) is 5.57 Å². The van der Waals surface area contributed by atoms with E-state index in [2.05, 4.69) is 19.2 Å². The number of hydrogen-bond donors (Lipinski definition) is 1. The number of nitrogens with zero attached hydrogens (tertiary/aromatic N) is 1. The quantitative estimate of drug-likeness (QED) is 0.386. The van der Waals surface area contributed by atoms with Crippen LogP contribution in [0.1, 0.15) is 37.8 Å². The molecule has 1 aliphatic rings. The van der Waals surface area contributed by atoms with E-state index in [1.807, 2.05) is 31.2 Å². The zero-order valence-electron chi connectivity index (χ0n) is 17.7. The number of thiocarbonyl (C=S) groups is 1. The molecule has 0 bridgehead atoms. The summed E-state index contributed by atoms with van der Waals surface area (Å²) in [5.41, 5.74) is 2.17. The van der Waals surface area contributed by atoms with Crippen molar-refractivity contribution in [1.82, 2.24) is 5.32 Å². The number of anilines is 1. The number of hydrogen-bond acceptors (Lipinski definition) is 5. The maximum Gasteiger partial charge on any atom is 0.270 e. The number of carbonyl (C=O) groups excluding carboxylic acids is 2. The minimum Gasteiger partial charge on any atom is -0.493 e. The molecule has 1 aliphatic heterocycles. The molecular formula is C23H23ClN2O4S. The Labute approximate surface area is 191 Å². The van der Waals surface area contributed by atoms with Crippen LogP contribution in [0.3, 0.4) is 0 Å². The van der Waals surface area contributed by atoms with Gasteiger partial charge in [-0.05, 0) is 66.5 Å². The summed E-state index contributed by atoms with van der Waals surface area (Å²) in [4.78, 5) is 27.1. The van der Waals surface area contributed by atoms with Gasteiger partial charge in [0.25, 0.3) is 11.8 Å². The Morgan fingerprint density at radius 3 is 2.45 bits per heavy atom. The molecule has 2 aromatic rings. The molecule has 2 aromatic carbocycles. The van der Waals surface area contributed by atoms with E-state index in [4.69, 9.17) is 33.3 Å². The Bertz CT molecular complexity index is 1060. The first kappa shape index (κ1) is 22.8. The molecule has 0 atom stereocenters. The van der Waals surface area contributed by atoms with Crippen molar-refractivity contribution in [1.29, 1.82) is 0 Å². The van der Waals surface area contributed by atoms with E-state index in [1.165, 1.54) is 18.1 Å². The van der Waals surface area contributed by atoms with Crippen LogP contribution in [-0.4, -0.2) is 30.6 Å². The minimum atomic E-state index is -0.575. The minimum absolute atomic E-state index is 0.0340. The van der Waals surface area contributed by atoms with Crippen LogP contribution in [0.5, 0.6) is 11.5 Å². The van der Waals surface area contributed by atoms with Crippen molar-refractivity contribution in [2.24, 2.45) is 0 Å². The number of nitrogens with one attached hydrogen (secondary N) is 1. The Kier molecular flexibility index (Phi) is 6.97. The van der Waals surface area contributed by atoms with Gasteiger partial charge in [-0.3, -0.25) is 19.8 Å². The lowest BCUT2D eigenvalue weighted by atomic mass is 10.0. The number of carbonyl (C=O) groups is 2. The lowest BCUT2D eigenvalue weighted by Crippen LogP contribution is -2.54. The Morgan fingerprint density at radius 1 is 1.19 bits per heavy atom. The molecule has 1 N–H and O–H groups in total. The van der Waals surface area contributed by atoms with E-state index >= 15 is 0 Å². The van der Waals surface area contributed by atoms with Crippen molar-refractivity contribution in [3.05, 3.63) is 58.1 Å². The number of ether oxygens (including phenoxy) is 2. The molecule has 0 radical (unpaired) electrons. The van der Waals surface area contributed by atoms with Crippen LogP contribution in [0.25, 0.3) is 6.08 Å². The van der Waals surface area contributed by atoms with Crippen molar-refractivity contribution in [3.8, 4) is 11.5 Å². The smallest absolute Gasteiger partial charge is 0.270 e. The molecule has 0 aromatic heterocycles. The van der Waals surface area contributed by atoms with Gasteiger partial charge in [0.15, 0.2) is 16.6 Å². The molecule has 3 rings (SSSR count). The zero-order valence-corrected chi connectivity index (χ0v) is 19.3. The van der Waals surface area contributed by atoms with Gasteiger partial charge in [-0.2, -0.15) is 0 Å². The van der Waals surface area contributed by atoms with E-state index in [-0.39, 0.29) is 10.7 Å². The van der Waals surface area contributed by atoms with E-state index in [0.717, 1.165) is 5.56 Å². The van der Waals surface area contributed by atoms with Crippen LogP contribution in [0.2, 0.25) is 5.02 Å². The third-order valence-electron chi connectivity index (χ3n) is 4.77. The highest BCUT2D eigenvalue weighted by Crippen LogP contribution is 2.37. The maximum atomic E-state index is 13.2. The Hall–Kier alpha value is -2.90. The van der Waals surface area contributed by atoms with Crippen molar-refractivity contribution >= 4 is 52.5 Å². The fourth-order valence-corrected chi connectivity index (χ4v) is 3.73. The molecule has 162 valence electrons. The lowest BCUT2D eigenvalue weighted by molar-refractivity contribution is -0.122. The SMILES string of the molecule is CCOc1c(Cl)cc(/C=C2\C(=O)NC(=S)N(c3ccc(C(C)C)cc3)C2=O)cc1OC. The highest BCUT2D eigenvalue weighted by Gasteiger charge is 2.34. The van der Waals surface area contributed by atoms with Crippen LogP contribution in [0.15, 0.2) is 42.0 Å². The molecule has 2 amide bonds. The molecule has 0 unspecified atom stereocenters. The average molecular weight is 459 g/mol. The average Bonchev–Trinajstić information content (AvgIpc) is 2.73. The van der Waals surface area contributed by atoms with Crippen molar-refractivity contribution in [2.75, 3.05) is 18.6 Å². The van der Waals surface area contributed by atoms with E-state index in [0.29, 0.717) is 40.3 Å². The van der Waals surface area contributed by atoms with E-state index in [9.17, 15) is 9.59 Å². The van der Waals surface area contributed by atoms with Gasteiger partial charge in [0.2, 0.25) is 0 Å². The number of halogens is 1. The molecule has 8 heteroatoms. The van der Waals surface area contributed by atoms with Crippen LogP contribution in [-0.2, 0) is 9.59 Å². The molecular weight excluding hydrogens is 436 g/mol. The molecule has 0 aliphatic carbocycles. The summed E-state index contributed by atoms with van der Waals surface area (Å²) in [5.74, 6) is 0.0689. The van der Waals surface area contributed by atoms with Crippen molar-refractivity contribution in [2.45, 2.75) is 26.7 Å². The number of amides is 2. The summed E-state index contributed by atoms with van der Waals surface area (Å²) >= 11 is 11.6. The molecule has 0 spiro atoms. The topological polar surface area (TPSA) is 67.9 Å². The van der Waals surface area contributed by atoms with Gasteiger partial charge in [-0.1, -0.05) is 37.6 Å². The highest BCUT2D eigenvalue weighted by atomic mass is 35.5. The molecule has 1 saturated heterocycles. The van der Waals surface area contributed by atoms with Crippen LogP contribution in [0, 0.1) is 0 Å². The number of methoxy groups -OCH3 is 1. The summed E-state index contributed by atoms with van der Waals surface area (Å²) in [5, 5.41) is 2.93. The first-order valence-electron chi connectivity index (χ1n) is 9.78. The normalized spacial score (nSPS) is 15.5. The van der Waals surface area contributed by atoms with Crippen molar-refractivity contribution < 1.29 is 19.1 Å². The molecule has 0 saturated carbocycles. The van der Waals surface area contributed by atoms with Gasteiger partial charge >= 0.3 is 0 Å². The second kappa shape index (κ2) is 9.49. The fourth-order valence-electron chi connectivity index (χ4n) is 3.17. The van der Waals surface area contributed by atoms with E-state index in [1.54, 1.807) is 12.1 Å². The van der Waals surface area contributed by atoms with Crippen LogP contribution < -0.4 is 19.7 Å². The predicted octanol–water partition coefficient (Wildman–Crippen LogP) is 4.70. The zero-order chi connectivity index (χ0) is 22.7. The molecule has 6 nitrogen and oxygen atoms in total. The number of benzene rings is 2. The largest absolute Gasteiger partial charge is 0.493 e. The third-order valence-corrected chi connectivity index (χ3v) is 5.34. The summed E-state index contributed by atoms with van der Waals surface area (Å²) in [6, 6.07) is 10.8. The lowest BCUT2D eigenvalue weighted by Gasteiger charge is -2.29. The fraction of sp³-hybridized carbons (Fsp3) is 0.261. The van der Waals surface area contributed by atoms with E-state index < -0.39 is 11.8 Å². The Morgan fingerprint density at radius 2 is 1.87 bits per heavy atom. The van der Waals surface area contributed by atoms with Gasteiger partial charge in [-0.25, -0.2) is 0 Å². The second-order valence-electron chi connectivity index (χ2n) is 7.17. The summed E-state index contributed by atoms with van der Waals surface area (Å²) < 4.78 is 10.9. The first-order valence-corrected chi connectivity index (χ1v) is 10.6. The highest BCUT2D eigenvalue weighted by molar-refractivity contribution is 7.80. The standard InChI is InChI=1S/C23H23ClN2O4S/c1-5-30-20-18(24)11-14(12-19(20)29-4)10-17-21(27)25-23(31)26(22(17)28)16-8-6-15(7-9-16)13(2)3/h6-13H,5H2,1-4H3,(H,25,27,31)/b17-10+. The molecule has 1 heterocycles. The van der Waals surface area contributed by atoms with Crippen LogP contribution >= 0.6 is 23.8 Å². The van der Waals surface area contributed by atoms with Gasteiger partial charge in [0, 0.05) is 0 Å². The summed E-state index contributed by atoms with van der Waals surface area (Å²) in [6.07, 6.45) is 1.46. The predicted molar refractivity (Wildman–Crippen MR) is 126 cm³/mol. The molecule has 1 fully saturated rings. The molecule has 31 heavy (non-hydrogen) atoms. The third kappa shape index (κ3) is 4.73. The number of rotatable bonds is 6. The summed E-state index contributed by atoms with van der Waals surface area (Å²) in [6.45, 7) is 6.42. The van der Waals surface area contributed by atoms with Gasteiger partial charge < -0.3 is 9.47 Å². The monoisotopic (exact) mass is 458 g/mol. The Balaban J connectivity index is 2.00.